The van der Waals surface area contributed by atoms with Gasteiger partial charge in [-0.1, -0.05) is 56.1 Å². The van der Waals surface area contributed by atoms with Gasteiger partial charge in [-0.2, -0.15) is 0 Å². The molecule has 0 spiro atoms. The molecule has 0 radical (unpaired) electrons. The lowest BCUT2D eigenvalue weighted by Crippen LogP contribution is -1.90. The zero-order valence-electron chi connectivity index (χ0n) is 20.0. The smallest absolute Gasteiger partial charge is 0.0738 e. The monoisotopic (exact) mass is 618 g/mol. The van der Waals surface area contributed by atoms with Crippen LogP contribution in [0.25, 0.3) is 68.6 Å². The van der Waals surface area contributed by atoms with E-state index in [0.717, 1.165) is 76.0 Å². The van der Waals surface area contributed by atoms with Crippen molar-refractivity contribution in [2.24, 2.45) is 0 Å². The van der Waals surface area contributed by atoms with E-state index in [0.29, 0.717) is 0 Å². The molecular formula is C32H20Br2N4. The van der Waals surface area contributed by atoms with Crippen molar-refractivity contribution in [1.82, 2.24) is 19.9 Å². The largest absolute Gasteiger partial charge is 0.355 e. The van der Waals surface area contributed by atoms with Gasteiger partial charge in [0.1, 0.15) is 0 Å². The van der Waals surface area contributed by atoms with E-state index < -0.39 is 0 Å². The molecule has 0 unspecified atom stereocenters. The molecule has 0 saturated carbocycles. The van der Waals surface area contributed by atoms with Gasteiger partial charge in [0.25, 0.3) is 0 Å². The van der Waals surface area contributed by atoms with Crippen molar-refractivity contribution < 1.29 is 0 Å². The summed E-state index contributed by atoms with van der Waals surface area (Å²) in [6.07, 6.45) is 8.31. The highest BCUT2D eigenvalue weighted by Gasteiger charge is 2.16. The average molecular weight is 620 g/mol. The zero-order chi connectivity index (χ0) is 25.6. The first-order chi connectivity index (χ1) is 18.6. The van der Waals surface area contributed by atoms with Crippen LogP contribution in [-0.2, 0) is 0 Å². The second-order valence-corrected chi connectivity index (χ2v) is 11.1. The maximum absolute atomic E-state index is 5.19. The summed E-state index contributed by atoms with van der Waals surface area (Å²) in [5.41, 5.74) is 11.8. The summed E-state index contributed by atoms with van der Waals surface area (Å²) < 4.78 is 2.07. The first-order valence-electron chi connectivity index (χ1n) is 12.2. The van der Waals surface area contributed by atoms with Crippen LogP contribution >= 0.6 is 31.9 Å². The van der Waals surface area contributed by atoms with Crippen LogP contribution in [0, 0.1) is 0 Å². The number of halogens is 2. The molecule has 8 bridgehead atoms. The minimum Gasteiger partial charge on any atom is -0.355 e. The molecule has 5 heterocycles. The highest BCUT2D eigenvalue weighted by Crippen LogP contribution is 2.35. The Hall–Kier alpha value is -4.00. The highest BCUT2D eigenvalue weighted by molar-refractivity contribution is 9.10. The van der Waals surface area contributed by atoms with Crippen LogP contribution in [0.5, 0.6) is 0 Å². The summed E-state index contributed by atoms with van der Waals surface area (Å²) in [5, 5.41) is 0. The van der Waals surface area contributed by atoms with Crippen LogP contribution in [0.3, 0.4) is 0 Å². The lowest BCUT2D eigenvalue weighted by Gasteiger charge is -2.06. The summed E-state index contributed by atoms with van der Waals surface area (Å²) >= 11 is 7.14. The molecule has 0 saturated heterocycles. The molecule has 3 aromatic heterocycles. The van der Waals surface area contributed by atoms with E-state index in [1.165, 1.54) is 0 Å². The predicted octanol–water partition coefficient (Wildman–Crippen LogP) is 9.51. The molecule has 5 aromatic rings. The number of H-pyrrole nitrogens is 2. The Morgan fingerprint density at radius 2 is 1.00 bits per heavy atom. The lowest BCUT2D eigenvalue weighted by molar-refractivity contribution is 1.27. The molecule has 38 heavy (non-hydrogen) atoms. The van der Waals surface area contributed by atoms with Crippen LogP contribution in [0.2, 0.25) is 0 Å². The fourth-order valence-corrected chi connectivity index (χ4v) is 5.44. The van der Waals surface area contributed by atoms with Crippen LogP contribution in [0.4, 0.5) is 0 Å². The van der Waals surface area contributed by atoms with E-state index in [1.54, 1.807) is 0 Å². The molecule has 0 atom stereocenters. The first kappa shape index (κ1) is 23.1. The molecule has 2 aliphatic heterocycles. The van der Waals surface area contributed by atoms with Crippen molar-refractivity contribution in [3.8, 4) is 22.3 Å². The number of hydrogen-bond donors (Lipinski definition) is 2. The minimum absolute atomic E-state index is 0.884. The Morgan fingerprint density at radius 3 is 1.71 bits per heavy atom. The topological polar surface area (TPSA) is 57.4 Å². The van der Waals surface area contributed by atoms with Gasteiger partial charge in [0, 0.05) is 42.1 Å². The summed E-state index contributed by atoms with van der Waals surface area (Å²) in [6.45, 7) is 0. The normalized spacial score (nSPS) is 12.3. The molecule has 0 aliphatic carbocycles. The number of nitrogens with zero attached hydrogens (tertiary/aromatic N) is 2. The number of aromatic amines is 2. The standard InChI is InChI=1S/C32H20Br2N4/c33-21-5-1-19(2-6-21)31-27-13-11-25(36-27)17-23-9-10-24(35-23)18-26-12-14-28(37-26)32(30-16-15-29(31)38-30)20-3-7-22(34)8-4-20/h1-18,35-36H. The van der Waals surface area contributed by atoms with Gasteiger partial charge in [-0.15, -0.1) is 0 Å². The molecule has 0 fully saturated rings. The molecule has 2 aliphatic rings. The number of fused-ring (bicyclic) bond motifs is 8. The van der Waals surface area contributed by atoms with E-state index in [2.05, 4.69) is 151 Å². The summed E-state index contributed by atoms with van der Waals surface area (Å²) in [6, 6.07) is 29.2. The van der Waals surface area contributed by atoms with Gasteiger partial charge in [-0.25, -0.2) is 9.97 Å². The second kappa shape index (κ2) is 9.39. The predicted molar refractivity (Wildman–Crippen MR) is 165 cm³/mol. The van der Waals surface area contributed by atoms with E-state index in [-0.39, 0.29) is 0 Å². The summed E-state index contributed by atoms with van der Waals surface area (Å²) in [7, 11) is 0. The van der Waals surface area contributed by atoms with Gasteiger partial charge in [0.05, 0.1) is 22.8 Å². The average Bonchev–Trinajstić information content (AvgIpc) is 3.72. The van der Waals surface area contributed by atoms with E-state index in [1.807, 2.05) is 0 Å². The highest BCUT2D eigenvalue weighted by atomic mass is 79.9. The SMILES string of the molecule is Brc1ccc(-c2c3nc(cc4ccc(cc5ccc([nH]5)c(-c5ccc(Br)cc5)c5nc2C=C5)[nH]4)C=C3)cc1. The summed E-state index contributed by atoms with van der Waals surface area (Å²) in [4.78, 5) is 17.3. The van der Waals surface area contributed by atoms with Crippen molar-refractivity contribution in [1.29, 1.82) is 0 Å². The molecule has 182 valence electrons. The molecule has 2 N–H and O–H groups in total. The van der Waals surface area contributed by atoms with Crippen molar-refractivity contribution >= 4 is 78.2 Å². The molecule has 2 aromatic carbocycles. The second-order valence-electron chi connectivity index (χ2n) is 9.22. The summed E-state index contributed by atoms with van der Waals surface area (Å²) in [5.74, 6) is 0. The van der Waals surface area contributed by atoms with Gasteiger partial charge >= 0.3 is 0 Å². The van der Waals surface area contributed by atoms with Crippen molar-refractivity contribution in [3.05, 3.63) is 117 Å². The van der Waals surface area contributed by atoms with E-state index >= 15 is 0 Å². The molecule has 0 amide bonds. The van der Waals surface area contributed by atoms with Gasteiger partial charge in [-0.3, -0.25) is 0 Å². The molecule has 6 heteroatoms. The molecule has 4 nitrogen and oxygen atoms in total. The van der Waals surface area contributed by atoms with Crippen LogP contribution in [0.15, 0.2) is 93.9 Å². The number of nitrogens with one attached hydrogen (secondary N) is 2. The van der Waals surface area contributed by atoms with E-state index in [4.69, 9.17) is 9.97 Å². The number of hydrogen-bond acceptors (Lipinski definition) is 2. The number of rotatable bonds is 2. The Balaban J connectivity index is 1.62. The third kappa shape index (κ3) is 4.36. The van der Waals surface area contributed by atoms with Crippen LogP contribution < -0.4 is 0 Å². The number of benzene rings is 2. The molecular weight excluding hydrogens is 600 g/mol. The Labute approximate surface area is 236 Å². The third-order valence-corrected chi connectivity index (χ3v) is 7.72. The maximum atomic E-state index is 5.19. The van der Waals surface area contributed by atoms with Crippen molar-refractivity contribution in [3.63, 3.8) is 0 Å². The first-order valence-corrected chi connectivity index (χ1v) is 13.8. The van der Waals surface area contributed by atoms with E-state index in [9.17, 15) is 0 Å². The quantitative estimate of drug-likeness (QED) is 0.202. The number of aromatic nitrogens is 4. The third-order valence-electron chi connectivity index (χ3n) is 6.66. The lowest BCUT2D eigenvalue weighted by atomic mass is 10.0. The Bertz CT molecular complexity index is 1930. The minimum atomic E-state index is 0.884. The zero-order valence-corrected chi connectivity index (χ0v) is 23.2. The molecule has 7 rings (SSSR count). The van der Waals surface area contributed by atoms with Crippen LogP contribution in [-0.4, -0.2) is 19.9 Å². The Kier molecular flexibility index (Phi) is 5.72. The van der Waals surface area contributed by atoms with Gasteiger partial charge < -0.3 is 9.97 Å². The maximum Gasteiger partial charge on any atom is 0.0738 e. The van der Waals surface area contributed by atoms with Crippen molar-refractivity contribution in [2.45, 2.75) is 0 Å². The van der Waals surface area contributed by atoms with Gasteiger partial charge in [0.15, 0.2) is 0 Å². The fourth-order valence-electron chi connectivity index (χ4n) is 4.91. The van der Waals surface area contributed by atoms with Gasteiger partial charge in [0.2, 0.25) is 0 Å². The van der Waals surface area contributed by atoms with Crippen molar-refractivity contribution in [2.75, 3.05) is 0 Å². The fraction of sp³-hybridized carbons (Fsp3) is 0. The van der Waals surface area contributed by atoms with Gasteiger partial charge in [-0.05, 0) is 96.1 Å². The van der Waals surface area contributed by atoms with Crippen LogP contribution in [0.1, 0.15) is 22.8 Å². The Morgan fingerprint density at radius 1 is 0.474 bits per heavy atom.